The number of nitrogens with zero attached hydrogens (tertiary/aromatic N) is 1. The lowest BCUT2D eigenvalue weighted by Gasteiger charge is -2.08. The number of hydrogen-bond donors (Lipinski definition) is 1. The molecule has 1 rings (SSSR count). The first kappa shape index (κ1) is 10.6. The third kappa shape index (κ3) is 2.25. The highest BCUT2D eigenvalue weighted by Crippen LogP contribution is 2.35. The van der Waals surface area contributed by atoms with Crippen LogP contribution in [0.1, 0.15) is 5.69 Å². The minimum Gasteiger partial charge on any atom is -0.396 e. The number of halogens is 5. The molecule has 0 aromatic carbocycles. The van der Waals surface area contributed by atoms with Gasteiger partial charge in [-0.25, -0.2) is 4.98 Å². The second-order valence-electron chi connectivity index (χ2n) is 2.20. The molecule has 0 saturated carbocycles. The van der Waals surface area contributed by atoms with E-state index in [-0.39, 0.29) is 15.3 Å². The van der Waals surface area contributed by atoms with Crippen LogP contribution in [0.3, 0.4) is 0 Å². The molecule has 0 spiro atoms. The van der Waals surface area contributed by atoms with Crippen molar-refractivity contribution in [2.75, 3.05) is 5.73 Å². The van der Waals surface area contributed by atoms with Gasteiger partial charge in [-0.1, -0.05) is 11.6 Å². The lowest BCUT2D eigenvalue weighted by atomic mass is 10.3. The molecule has 0 aliphatic heterocycles. The molecule has 1 aromatic rings. The predicted octanol–water partition coefficient (Wildman–Crippen LogP) is 3.10. The summed E-state index contributed by atoms with van der Waals surface area (Å²) in [5.74, 6) is 0. The van der Waals surface area contributed by atoms with E-state index in [1.54, 1.807) is 0 Å². The Balaban J connectivity index is 3.32. The Labute approximate surface area is 85.0 Å². The second-order valence-corrected chi connectivity index (χ2v) is 3.41. The summed E-state index contributed by atoms with van der Waals surface area (Å²) < 4.78 is 36.3. The molecule has 72 valence electrons. The summed E-state index contributed by atoms with van der Waals surface area (Å²) in [5.41, 5.74) is 4.17. The summed E-state index contributed by atoms with van der Waals surface area (Å²) in [6.45, 7) is 0. The first-order valence-corrected chi connectivity index (χ1v) is 4.18. The van der Waals surface area contributed by atoms with Gasteiger partial charge in [0, 0.05) is 0 Å². The first-order valence-electron chi connectivity index (χ1n) is 3.01. The lowest BCUT2D eigenvalue weighted by molar-refractivity contribution is -0.141. The van der Waals surface area contributed by atoms with Crippen LogP contribution in [0.25, 0.3) is 0 Å². The molecule has 0 radical (unpaired) electrons. The van der Waals surface area contributed by atoms with Gasteiger partial charge in [0.25, 0.3) is 0 Å². The topological polar surface area (TPSA) is 38.9 Å². The van der Waals surface area contributed by atoms with Crippen LogP contribution >= 0.6 is 27.5 Å². The maximum absolute atomic E-state index is 12.2. The number of alkyl halides is 3. The van der Waals surface area contributed by atoms with E-state index in [0.29, 0.717) is 0 Å². The zero-order chi connectivity index (χ0) is 10.2. The number of nitrogen functional groups attached to an aromatic ring is 1. The zero-order valence-electron chi connectivity index (χ0n) is 5.99. The van der Waals surface area contributed by atoms with Crippen molar-refractivity contribution in [2.45, 2.75) is 6.18 Å². The SMILES string of the molecule is Nc1cc(Br)c(C(F)(F)F)nc1Cl. The number of anilines is 1. The van der Waals surface area contributed by atoms with Crippen molar-refractivity contribution < 1.29 is 13.2 Å². The Hall–Kier alpha value is -0.490. The molecule has 0 unspecified atom stereocenters. The summed E-state index contributed by atoms with van der Waals surface area (Å²) in [7, 11) is 0. The van der Waals surface area contributed by atoms with Gasteiger partial charge in [-0.05, 0) is 22.0 Å². The van der Waals surface area contributed by atoms with Crippen molar-refractivity contribution in [3.05, 3.63) is 21.4 Å². The highest BCUT2D eigenvalue weighted by Gasteiger charge is 2.35. The van der Waals surface area contributed by atoms with Gasteiger partial charge in [0.2, 0.25) is 0 Å². The van der Waals surface area contributed by atoms with Crippen molar-refractivity contribution in [3.63, 3.8) is 0 Å². The maximum atomic E-state index is 12.2. The van der Waals surface area contributed by atoms with Crippen LogP contribution in [0.15, 0.2) is 10.5 Å². The van der Waals surface area contributed by atoms with Crippen LogP contribution in [0.2, 0.25) is 5.15 Å². The van der Waals surface area contributed by atoms with Crippen LogP contribution < -0.4 is 5.73 Å². The van der Waals surface area contributed by atoms with Gasteiger partial charge in [0.15, 0.2) is 10.8 Å². The van der Waals surface area contributed by atoms with E-state index < -0.39 is 11.9 Å². The lowest BCUT2D eigenvalue weighted by Crippen LogP contribution is -2.10. The van der Waals surface area contributed by atoms with Gasteiger partial charge in [-0.2, -0.15) is 13.2 Å². The third-order valence-corrected chi connectivity index (χ3v) is 2.13. The summed E-state index contributed by atoms with van der Waals surface area (Å²) in [4.78, 5) is 3.11. The molecule has 0 fully saturated rings. The molecule has 0 atom stereocenters. The van der Waals surface area contributed by atoms with E-state index in [2.05, 4.69) is 20.9 Å². The van der Waals surface area contributed by atoms with Crippen LogP contribution in [-0.4, -0.2) is 4.98 Å². The Kier molecular flexibility index (Phi) is 2.72. The fraction of sp³-hybridized carbons (Fsp3) is 0.167. The Morgan fingerprint density at radius 2 is 2.00 bits per heavy atom. The van der Waals surface area contributed by atoms with Crippen molar-refractivity contribution in [1.29, 1.82) is 0 Å². The molecule has 0 saturated heterocycles. The standard InChI is InChI=1S/C6H3BrClF3N2/c7-2-1-3(12)5(8)13-4(2)6(9,10)11/h1H,12H2. The van der Waals surface area contributed by atoms with Gasteiger partial charge in [0.1, 0.15) is 0 Å². The average molecular weight is 275 g/mol. The Morgan fingerprint density at radius 1 is 1.46 bits per heavy atom. The van der Waals surface area contributed by atoms with Crippen molar-refractivity contribution in [2.24, 2.45) is 0 Å². The Morgan fingerprint density at radius 3 is 2.46 bits per heavy atom. The van der Waals surface area contributed by atoms with Crippen molar-refractivity contribution in [1.82, 2.24) is 4.98 Å². The smallest absolute Gasteiger partial charge is 0.396 e. The van der Waals surface area contributed by atoms with Crippen molar-refractivity contribution >= 4 is 33.2 Å². The summed E-state index contributed by atoms with van der Waals surface area (Å²) in [6, 6.07) is 1.07. The van der Waals surface area contributed by atoms with E-state index in [1.165, 1.54) is 0 Å². The molecule has 0 aliphatic rings. The molecule has 0 bridgehead atoms. The molecule has 1 aromatic heterocycles. The normalized spacial score (nSPS) is 11.8. The van der Waals surface area contributed by atoms with Gasteiger partial charge in [0.05, 0.1) is 10.2 Å². The van der Waals surface area contributed by atoms with Crippen LogP contribution in [0.5, 0.6) is 0 Å². The molecule has 0 aliphatic carbocycles. The third-order valence-electron chi connectivity index (χ3n) is 1.23. The maximum Gasteiger partial charge on any atom is 0.434 e. The number of hydrogen-bond acceptors (Lipinski definition) is 2. The molecular formula is C6H3BrClF3N2. The second kappa shape index (κ2) is 3.34. The van der Waals surface area contributed by atoms with E-state index in [0.717, 1.165) is 6.07 Å². The van der Waals surface area contributed by atoms with Crippen LogP contribution in [0, 0.1) is 0 Å². The number of nitrogens with two attached hydrogens (primary N) is 1. The highest BCUT2D eigenvalue weighted by molar-refractivity contribution is 9.10. The van der Waals surface area contributed by atoms with Gasteiger partial charge >= 0.3 is 6.18 Å². The summed E-state index contributed by atoms with van der Waals surface area (Å²) in [5, 5.41) is -0.351. The molecule has 0 amide bonds. The zero-order valence-corrected chi connectivity index (χ0v) is 8.33. The van der Waals surface area contributed by atoms with Gasteiger partial charge in [-0.15, -0.1) is 0 Å². The van der Waals surface area contributed by atoms with E-state index in [1.807, 2.05) is 0 Å². The molecule has 2 N–H and O–H groups in total. The first-order chi connectivity index (χ1) is 5.82. The Bertz CT molecular complexity index is 339. The minimum atomic E-state index is -4.53. The van der Waals surface area contributed by atoms with Crippen LogP contribution in [0.4, 0.5) is 18.9 Å². The number of pyridine rings is 1. The number of aromatic nitrogens is 1. The van der Waals surface area contributed by atoms with Gasteiger partial charge < -0.3 is 5.73 Å². The quantitative estimate of drug-likeness (QED) is 0.739. The fourth-order valence-electron chi connectivity index (χ4n) is 0.679. The molecule has 1 heterocycles. The van der Waals surface area contributed by atoms with E-state index in [4.69, 9.17) is 17.3 Å². The largest absolute Gasteiger partial charge is 0.434 e. The summed E-state index contributed by atoms with van der Waals surface area (Å²) in [6.07, 6.45) is -4.53. The molecule has 7 heteroatoms. The average Bonchev–Trinajstić information content (AvgIpc) is 1.94. The fourth-order valence-corrected chi connectivity index (χ4v) is 1.38. The van der Waals surface area contributed by atoms with Crippen molar-refractivity contribution in [3.8, 4) is 0 Å². The summed E-state index contributed by atoms with van der Waals surface area (Å²) >= 11 is 8.03. The van der Waals surface area contributed by atoms with E-state index in [9.17, 15) is 13.2 Å². The molecule has 13 heavy (non-hydrogen) atoms. The molecular weight excluding hydrogens is 272 g/mol. The van der Waals surface area contributed by atoms with Gasteiger partial charge in [-0.3, -0.25) is 0 Å². The van der Waals surface area contributed by atoms with E-state index >= 15 is 0 Å². The molecule has 2 nitrogen and oxygen atoms in total. The van der Waals surface area contributed by atoms with Crippen LogP contribution in [-0.2, 0) is 6.18 Å². The monoisotopic (exact) mass is 274 g/mol. The number of rotatable bonds is 0. The minimum absolute atomic E-state index is 0.00143. The highest BCUT2D eigenvalue weighted by atomic mass is 79.9. The predicted molar refractivity (Wildman–Crippen MR) is 46.4 cm³/mol.